The molecule has 0 fully saturated rings. The molecule has 1 atom stereocenters. The van der Waals surface area contributed by atoms with Crippen molar-refractivity contribution in [1.29, 1.82) is 0 Å². The van der Waals surface area contributed by atoms with Crippen molar-refractivity contribution in [2.75, 3.05) is 0 Å². The summed E-state index contributed by atoms with van der Waals surface area (Å²) in [6.45, 7) is 2.08. The van der Waals surface area contributed by atoms with Crippen molar-refractivity contribution in [2.24, 2.45) is 5.73 Å². The summed E-state index contributed by atoms with van der Waals surface area (Å²) >= 11 is 8.78. The lowest BCUT2D eigenvalue weighted by atomic mass is 10.0. The van der Waals surface area contributed by atoms with Crippen LogP contribution in [0.1, 0.15) is 22.0 Å². The Morgan fingerprint density at radius 2 is 2.06 bits per heavy atom. The zero-order valence-corrected chi connectivity index (χ0v) is 13.4. The highest BCUT2D eigenvalue weighted by molar-refractivity contribution is 9.10. The number of rotatable bonds is 3. The Bertz CT molecular complexity index is 522. The minimum absolute atomic E-state index is 0.0375. The molecule has 0 amide bonds. The molecule has 1 nitrogen and oxygen atoms in total. The third-order valence-corrected chi connectivity index (χ3v) is 5.00. The monoisotopic (exact) mass is 373 g/mol. The first-order valence-electron chi connectivity index (χ1n) is 5.31. The maximum atomic E-state index is 6.25. The molecule has 2 N–H and O–H groups in total. The van der Waals surface area contributed by atoms with Crippen LogP contribution in [0.2, 0.25) is 0 Å². The van der Waals surface area contributed by atoms with Crippen molar-refractivity contribution in [3.05, 3.63) is 54.6 Å². The summed E-state index contributed by atoms with van der Waals surface area (Å²) in [4.78, 5) is 1.30. The van der Waals surface area contributed by atoms with Crippen LogP contribution in [0, 0.1) is 6.92 Å². The van der Waals surface area contributed by atoms with E-state index in [1.165, 1.54) is 16.0 Å². The first-order valence-corrected chi connectivity index (χ1v) is 7.77. The number of halogens is 2. The highest BCUT2D eigenvalue weighted by Crippen LogP contribution is 2.28. The van der Waals surface area contributed by atoms with E-state index in [4.69, 9.17) is 5.73 Å². The lowest BCUT2D eigenvalue weighted by Gasteiger charge is -2.13. The molecule has 1 unspecified atom stereocenters. The number of thiophene rings is 1. The quantitative estimate of drug-likeness (QED) is 0.818. The van der Waals surface area contributed by atoms with Crippen LogP contribution in [-0.2, 0) is 6.42 Å². The van der Waals surface area contributed by atoms with Gasteiger partial charge in [-0.15, -0.1) is 11.3 Å². The molecule has 0 saturated carbocycles. The predicted molar refractivity (Wildman–Crippen MR) is 81.5 cm³/mol. The minimum atomic E-state index is 0.0375. The van der Waals surface area contributed by atoms with E-state index in [1.807, 2.05) is 0 Å². The molecule has 0 spiro atoms. The van der Waals surface area contributed by atoms with E-state index in [-0.39, 0.29) is 6.04 Å². The molecule has 1 aromatic heterocycles. The summed E-state index contributed by atoms with van der Waals surface area (Å²) in [6.07, 6.45) is 0.873. The molecule has 1 heterocycles. The van der Waals surface area contributed by atoms with Gasteiger partial charge in [-0.05, 0) is 46.1 Å². The van der Waals surface area contributed by atoms with Crippen LogP contribution in [0.4, 0.5) is 0 Å². The van der Waals surface area contributed by atoms with Gasteiger partial charge in [-0.2, -0.15) is 0 Å². The van der Waals surface area contributed by atoms with E-state index < -0.39 is 0 Å². The first-order chi connectivity index (χ1) is 8.06. The maximum absolute atomic E-state index is 6.25. The van der Waals surface area contributed by atoms with Gasteiger partial charge in [0.15, 0.2) is 0 Å². The molecule has 4 heteroatoms. The van der Waals surface area contributed by atoms with Crippen LogP contribution in [-0.4, -0.2) is 0 Å². The van der Waals surface area contributed by atoms with Gasteiger partial charge in [0.25, 0.3) is 0 Å². The van der Waals surface area contributed by atoms with Gasteiger partial charge in [0.2, 0.25) is 0 Å². The molecule has 2 aromatic rings. The number of hydrogen-bond acceptors (Lipinski definition) is 2. The van der Waals surface area contributed by atoms with E-state index in [0.717, 1.165) is 15.4 Å². The highest BCUT2D eigenvalue weighted by Gasteiger charge is 2.11. The van der Waals surface area contributed by atoms with Gasteiger partial charge in [0.05, 0.1) is 0 Å². The van der Waals surface area contributed by atoms with Gasteiger partial charge in [0, 0.05) is 31.7 Å². The van der Waals surface area contributed by atoms with Crippen molar-refractivity contribution < 1.29 is 0 Å². The number of aryl methyl sites for hydroxylation is 1. The number of nitrogens with two attached hydrogens (primary N) is 1. The Morgan fingerprint density at radius 1 is 1.29 bits per heavy atom. The molecule has 0 aliphatic heterocycles. The van der Waals surface area contributed by atoms with Crippen LogP contribution in [0.25, 0.3) is 0 Å². The first kappa shape index (κ1) is 13.3. The SMILES string of the molecule is Cc1ccc(C(N)Cc2cc(Br)cs2)c(Br)c1. The van der Waals surface area contributed by atoms with Gasteiger partial charge in [-0.25, -0.2) is 0 Å². The normalized spacial score (nSPS) is 12.7. The average molecular weight is 375 g/mol. The predicted octanol–water partition coefficient (Wildman–Crippen LogP) is 4.82. The second-order valence-electron chi connectivity index (χ2n) is 4.07. The standard InChI is InChI=1S/C13H13Br2NS/c1-8-2-3-11(12(15)4-8)13(16)6-10-5-9(14)7-17-10/h2-5,7,13H,6,16H2,1H3. The molecule has 90 valence electrons. The van der Waals surface area contributed by atoms with Gasteiger partial charge in [-0.1, -0.05) is 28.1 Å². The van der Waals surface area contributed by atoms with Gasteiger partial charge < -0.3 is 5.73 Å². The van der Waals surface area contributed by atoms with Gasteiger partial charge in [0.1, 0.15) is 0 Å². The van der Waals surface area contributed by atoms with Crippen molar-refractivity contribution in [3.63, 3.8) is 0 Å². The Hall–Kier alpha value is -0.160. The van der Waals surface area contributed by atoms with E-state index in [2.05, 4.69) is 68.4 Å². The Labute approximate surface area is 122 Å². The Balaban J connectivity index is 2.17. The van der Waals surface area contributed by atoms with Crippen molar-refractivity contribution in [2.45, 2.75) is 19.4 Å². The third-order valence-electron chi connectivity index (χ3n) is 2.60. The van der Waals surface area contributed by atoms with E-state index in [9.17, 15) is 0 Å². The van der Waals surface area contributed by atoms with Gasteiger partial charge >= 0.3 is 0 Å². The maximum Gasteiger partial charge on any atom is 0.0354 e. The molecule has 0 saturated heterocycles. The van der Waals surface area contributed by atoms with Crippen LogP contribution < -0.4 is 5.73 Å². The summed E-state index contributed by atoms with van der Waals surface area (Å²) in [7, 11) is 0. The topological polar surface area (TPSA) is 26.0 Å². The zero-order valence-electron chi connectivity index (χ0n) is 9.41. The molecule has 0 radical (unpaired) electrons. The van der Waals surface area contributed by atoms with Gasteiger partial charge in [-0.3, -0.25) is 0 Å². The number of benzene rings is 1. The van der Waals surface area contributed by atoms with Crippen LogP contribution in [0.3, 0.4) is 0 Å². The van der Waals surface area contributed by atoms with Crippen molar-refractivity contribution in [1.82, 2.24) is 0 Å². The lowest BCUT2D eigenvalue weighted by molar-refractivity contribution is 0.726. The third kappa shape index (κ3) is 3.41. The zero-order chi connectivity index (χ0) is 12.4. The van der Waals surface area contributed by atoms with Crippen LogP contribution in [0.5, 0.6) is 0 Å². The number of hydrogen-bond donors (Lipinski definition) is 1. The highest BCUT2D eigenvalue weighted by atomic mass is 79.9. The van der Waals surface area contributed by atoms with Crippen LogP contribution >= 0.6 is 43.2 Å². The molecule has 17 heavy (non-hydrogen) atoms. The average Bonchev–Trinajstić information content (AvgIpc) is 2.63. The van der Waals surface area contributed by atoms with Crippen LogP contribution in [0.15, 0.2) is 38.6 Å². The fourth-order valence-electron chi connectivity index (χ4n) is 1.72. The molecular formula is C13H13Br2NS. The van der Waals surface area contributed by atoms with Crippen molar-refractivity contribution in [3.8, 4) is 0 Å². The molecular weight excluding hydrogens is 362 g/mol. The Kier molecular flexibility index (Phi) is 4.42. The summed E-state index contributed by atoms with van der Waals surface area (Å²) in [5, 5.41) is 2.09. The largest absolute Gasteiger partial charge is 0.324 e. The van der Waals surface area contributed by atoms with E-state index >= 15 is 0 Å². The summed E-state index contributed by atoms with van der Waals surface area (Å²) in [6, 6.07) is 8.49. The summed E-state index contributed by atoms with van der Waals surface area (Å²) in [5.41, 5.74) is 8.66. The minimum Gasteiger partial charge on any atom is -0.324 e. The summed E-state index contributed by atoms with van der Waals surface area (Å²) < 4.78 is 2.23. The fraction of sp³-hybridized carbons (Fsp3) is 0.231. The second kappa shape index (κ2) is 5.65. The second-order valence-corrected chi connectivity index (χ2v) is 6.83. The molecule has 0 bridgehead atoms. The summed E-state index contributed by atoms with van der Waals surface area (Å²) in [5.74, 6) is 0. The molecule has 2 rings (SSSR count). The molecule has 0 aliphatic carbocycles. The van der Waals surface area contributed by atoms with E-state index in [1.54, 1.807) is 11.3 Å². The smallest absolute Gasteiger partial charge is 0.0354 e. The fourth-order valence-corrected chi connectivity index (χ4v) is 4.02. The molecule has 0 aliphatic rings. The lowest BCUT2D eigenvalue weighted by Crippen LogP contribution is -2.13. The van der Waals surface area contributed by atoms with Crippen molar-refractivity contribution >= 4 is 43.2 Å². The Morgan fingerprint density at radius 3 is 2.65 bits per heavy atom. The van der Waals surface area contributed by atoms with E-state index in [0.29, 0.717) is 0 Å². The molecule has 1 aromatic carbocycles.